The second kappa shape index (κ2) is 6.59. The molecule has 0 aromatic carbocycles. The molecule has 0 aromatic heterocycles. The van der Waals surface area contributed by atoms with E-state index in [2.05, 4.69) is 5.32 Å². The van der Waals surface area contributed by atoms with Crippen LogP contribution < -0.4 is 5.32 Å². The van der Waals surface area contributed by atoms with Crippen molar-refractivity contribution < 1.29 is 14.7 Å². The van der Waals surface area contributed by atoms with Crippen molar-refractivity contribution in [2.75, 3.05) is 20.1 Å². The highest BCUT2D eigenvalue weighted by molar-refractivity contribution is 5.83. The lowest BCUT2D eigenvalue weighted by molar-refractivity contribution is -0.153. The predicted molar refractivity (Wildman–Crippen MR) is 64.7 cm³/mol. The molecule has 0 aliphatic carbocycles. The Morgan fingerprint density at radius 2 is 2.18 bits per heavy atom. The number of carbonyl (C=O) groups is 2. The van der Waals surface area contributed by atoms with Crippen LogP contribution in [0.5, 0.6) is 0 Å². The highest BCUT2D eigenvalue weighted by atomic mass is 16.4. The average molecular weight is 242 g/mol. The Balaban J connectivity index is 2.54. The van der Waals surface area contributed by atoms with Gasteiger partial charge in [-0.3, -0.25) is 4.79 Å². The van der Waals surface area contributed by atoms with Gasteiger partial charge in [-0.05, 0) is 38.8 Å². The number of amides is 1. The maximum absolute atomic E-state index is 11.9. The van der Waals surface area contributed by atoms with Gasteiger partial charge in [0.15, 0.2) is 0 Å². The number of piperidine rings is 1. The molecule has 1 amide bonds. The van der Waals surface area contributed by atoms with Crippen LogP contribution in [0.2, 0.25) is 0 Å². The van der Waals surface area contributed by atoms with E-state index in [0.717, 1.165) is 19.4 Å². The van der Waals surface area contributed by atoms with Gasteiger partial charge in [-0.15, -0.1) is 0 Å². The summed E-state index contributed by atoms with van der Waals surface area (Å²) >= 11 is 0. The molecule has 1 aliphatic rings. The molecule has 1 saturated heterocycles. The van der Waals surface area contributed by atoms with Crippen LogP contribution in [0.1, 0.15) is 32.6 Å². The van der Waals surface area contributed by atoms with Crippen LogP contribution in [0.25, 0.3) is 0 Å². The molecular formula is C12H22N2O3. The van der Waals surface area contributed by atoms with Crippen molar-refractivity contribution in [3.8, 4) is 0 Å². The Labute approximate surface area is 102 Å². The first-order valence-electron chi connectivity index (χ1n) is 6.23. The van der Waals surface area contributed by atoms with Gasteiger partial charge in [-0.25, -0.2) is 4.79 Å². The summed E-state index contributed by atoms with van der Waals surface area (Å²) in [4.78, 5) is 24.6. The molecule has 0 spiro atoms. The van der Waals surface area contributed by atoms with E-state index in [-0.39, 0.29) is 5.91 Å². The maximum atomic E-state index is 11.9. The number of carboxylic acids is 1. The fourth-order valence-corrected chi connectivity index (χ4v) is 2.23. The van der Waals surface area contributed by atoms with Gasteiger partial charge in [0, 0.05) is 13.0 Å². The van der Waals surface area contributed by atoms with Crippen LogP contribution in [0.3, 0.4) is 0 Å². The smallest absolute Gasteiger partial charge is 0.326 e. The second-order valence-corrected chi connectivity index (χ2v) is 4.78. The second-order valence-electron chi connectivity index (χ2n) is 4.78. The van der Waals surface area contributed by atoms with Crippen molar-refractivity contribution in [2.24, 2.45) is 5.92 Å². The summed E-state index contributed by atoms with van der Waals surface area (Å²) in [7, 11) is 1.84. The van der Waals surface area contributed by atoms with Crippen molar-refractivity contribution in [3.63, 3.8) is 0 Å². The van der Waals surface area contributed by atoms with Crippen LogP contribution in [-0.2, 0) is 9.59 Å². The first-order chi connectivity index (χ1) is 8.06. The third-order valence-electron chi connectivity index (χ3n) is 3.29. The SMILES string of the molecule is CNCCCC(=O)N1CCC(C)CC1C(=O)O. The van der Waals surface area contributed by atoms with Crippen molar-refractivity contribution in [2.45, 2.75) is 38.6 Å². The molecule has 17 heavy (non-hydrogen) atoms. The molecule has 2 atom stereocenters. The lowest BCUT2D eigenvalue weighted by atomic mass is 9.92. The molecule has 1 fully saturated rings. The summed E-state index contributed by atoms with van der Waals surface area (Å²) in [5.74, 6) is -0.518. The zero-order valence-corrected chi connectivity index (χ0v) is 10.6. The van der Waals surface area contributed by atoms with Gasteiger partial charge < -0.3 is 15.3 Å². The van der Waals surface area contributed by atoms with Gasteiger partial charge in [0.25, 0.3) is 0 Å². The highest BCUT2D eigenvalue weighted by Gasteiger charge is 2.34. The van der Waals surface area contributed by atoms with Gasteiger partial charge >= 0.3 is 5.97 Å². The first kappa shape index (κ1) is 14.0. The Kier molecular flexibility index (Phi) is 5.41. The molecule has 1 heterocycles. The maximum Gasteiger partial charge on any atom is 0.326 e. The number of hydrogen-bond acceptors (Lipinski definition) is 3. The average Bonchev–Trinajstić information content (AvgIpc) is 2.29. The lowest BCUT2D eigenvalue weighted by Crippen LogP contribution is -2.49. The van der Waals surface area contributed by atoms with Gasteiger partial charge in [0.1, 0.15) is 6.04 Å². The third-order valence-corrected chi connectivity index (χ3v) is 3.29. The molecular weight excluding hydrogens is 220 g/mol. The van der Waals surface area contributed by atoms with E-state index in [0.29, 0.717) is 25.3 Å². The molecule has 98 valence electrons. The Bertz CT molecular complexity index is 281. The van der Waals surface area contributed by atoms with Crippen molar-refractivity contribution >= 4 is 11.9 Å². The number of carbonyl (C=O) groups excluding carboxylic acids is 1. The van der Waals surface area contributed by atoms with Gasteiger partial charge in [-0.1, -0.05) is 6.92 Å². The summed E-state index contributed by atoms with van der Waals surface area (Å²) in [5.41, 5.74) is 0. The summed E-state index contributed by atoms with van der Waals surface area (Å²) in [6.45, 7) is 3.41. The van der Waals surface area contributed by atoms with Gasteiger partial charge in [0.05, 0.1) is 0 Å². The first-order valence-corrected chi connectivity index (χ1v) is 6.23. The molecule has 2 N–H and O–H groups in total. The van der Waals surface area contributed by atoms with Gasteiger partial charge in [0.2, 0.25) is 5.91 Å². The number of nitrogens with zero attached hydrogens (tertiary/aromatic N) is 1. The third kappa shape index (κ3) is 4.00. The van der Waals surface area contributed by atoms with E-state index in [1.54, 1.807) is 0 Å². The number of likely N-dealkylation sites (tertiary alicyclic amines) is 1. The molecule has 0 bridgehead atoms. The van der Waals surface area contributed by atoms with E-state index in [9.17, 15) is 9.59 Å². The largest absolute Gasteiger partial charge is 0.480 e. The molecule has 1 aliphatic heterocycles. The molecule has 1 rings (SSSR count). The van der Waals surface area contributed by atoms with E-state index in [1.807, 2.05) is 14.0 Å². The van der Waals surface area contributed by atoms with Crippen molar-refractivity contribution in [1.29, 1.82) is 0 Å². The minimum Gasteiger partial charge on any atom is -0.480 e. The molecule has 5 heteroatoms. The monoisotopic (exact) mass is 242 g/mol. The number of rotatable bonds is 5. The molecule has 0 radical (unpaired) electrons. The molecule has 0 saturated carbocycles. The quantitative estimate of drug-likeness (QED) is 0.696. The molecule has 2 unspecified atom stereocenters. The van der Waals surface area contributed by atoms with Crippen LogP contribution in [0.4, 0.5) is 0 Å². The van der Waals surface area contributed by atoms with Crippen LogP contribution in [0, 0.1) is 5.92 Å². The molecule has 0 aromatic rings. The summed E-state index contributed by atoms with van der Waals surface area (Å²) in [5, 5.41) is 12.1. The highest BCUT2D eigenvalue weighted by Crippen LogP contribution is 2.23. The van der Waals surface area contributed by atoms with Crippen molar-refractivity contribution in [1.82, 2.24) is 10.2 Å². The Morgan fingerprint density at radius 3 is 2.76 bits per heavy atom. The Morgan fingerprint density at radius 1 is 1.47 bits per heavy atom. The van der Waals surface area contributed by atoms with E-state index in [4.69, 9.17) is 5.11 Å². The number of hydrogen-bond donors (Lipinski definition) is 2. The van der Waals surface area contributed by atoms with Crippen LogP contribution >= 0.6 is 0 Å². The predicted octanol–water partition coefficient (Wildman–Crippen LogP) is 0.698. The van der Waals surface area contributed by atoms with E-state index >= 15 is 0 Å². The van der Waals surface area contributed by atoms with E-state index < -0.39 is 12.0 Å². The van der Waals surface area contributed by atoms with Crippen molar-refractivity contribution in [3.05, 3.63) is 0 Å². The fraction of sp³-hybridized carbons (Fsp3) is 0.833. The van der Waals surface area contributed by atoms with E-state index in [1.165, 1.54) is 4.90 Å². The standard InChI is InChI=1S/C12H22N2O3/c1-9-5-7-14(10(8-9)12(16)17)11(15)4-3-6-13-2/h9-10,13H,3-8H2,1-2H3,(H,16,17). The summed E-state index contributed by atoms with van der Waals surface area (Å²) in [6.07, 6.45) is 2.67. The summed E-state index contributed by atoms with van der Waals surface area (Å²) < 4.78 is 0. The number of nitrogens with one attached hydrogen (secondary N) is 1. The Hall–Kier alpha value is -1.10. The fourth-order valence-electron chi connectivity index (χ4n) is 2.23. The van der Waals surface area contributed by atoms with Crippen LogP contribution in [0.15, 0.2) is 0 Å². The molecule has 5 nitrogen and oxygen atoms in total. The zero-order valence-electron chi connectivity index (χ0n) is 10.6. The minimum atomic E-state index is -0.876. The lowest BCUT2D eigenvalue weighted by Gasteiger charge is -2.36. The normalized spacial score (nSPS) is 24.7. The van der Waals surface area contributed by atoms with Crippen LogP contribution in [-0.4, -0.2) is 48.1 Å². The topological polar surface area (TPSA) is 69.6 Å². The van der Waals surface area contributed by atoms with Gasteiger partial charge in [-0.2, -0.15) is 0 Å². The summed E-state index contributed by atoms with van der Waals surface area (Å²) in [6, 6.07) is -0.624. The zero-order chi connectivity index (χ0) is 12.8. The number of aliphatic carboxylic acids is 1. The number of carboxylic acid groups (broad SMARTS) is 1. The minimum absolute atomic E-state index is 0.0282.